The Bertz CT molecular complexity index is 747. The molecule has 0 aromatic carbocycles. The van der Waals surface area contributed by atoms with Gasteiger partial charge < -0.3 is 10.2 Å². The van der Waals surface area contributed by atoms with Crippen LogP contribution in [0.15, 0.2) is 24.5 Å². The summed E-state index contributed by atoms with van der Waals surface area (Å²) in [5, 5.41) is 3.30. The molecule has 3 atom stereocenters. The standard InChI is InChI=1S/C23H32N4O2/c28-21-9-8-20(22(27(21)18-6-7-18)16-10-12-24-13-11-16)23(29)25-15-19-3-1-2-14-26(19)17-4-5-17/h10-13,17-20,22H,1-9,14-15H2,(H,25,29)/t19?,20-,22+/m0/s1. The number of nitrogens with zero attached hydrogens (tertiary/aromatic N) is 3. The number of carbonyl (C=O) groups is 2. The lowest BCUT2D eigenvalue weighted by molar-refractivity contribution is -0.144. The van der Waals surface area contributed by atoms with Crippen LogP contribution in [0.1, 0.15) is 69.4 Å². The molecule has 1 aromatic heterocycles. The van der Waals surface area contributed by atoms with Gasteiger partial charge in [-0.1, -0.05) is 6.42 Å². The van der Waals surface area contributed by atoms with Crippen molar-refractivity contribution in [1.29, 1.82) is 0 Å². The molecule has 2 amide bonds. The van der Waals surface area contributed by atoms with E-state index in [0.717, 1.165) is 31.0 Å². The summed E-state index contributed by atoms with van der Waals surface area (Å²) in [6, 6.07) is 5.31. The van der Waals surface area contributed by atoms with Crippen molar-refractivity contribution in [3.8, 4) is 0 Å². The Labute approximate surface area is 173 Å². The topological polar surface area (TPSA) is 65.5 Å². The fraction of sp³-hybridized carbons (Fsp3) is 0.696. The molecular weight excluding hydrogens is 364 g/mol. The average Bonchev–Trinajstić information content (AvgIpc) is 3.65. The van der Waals surface area contributed by atoms with Gasteiger partial charge in [-0.05, 0) is 69.2 Å². The van der Waals surface area contributed by atoms with E-state index in [4.69, 9.17) is 0 Å². The van der Waals surface area contributed by atoms with Crippen LogP contribution >= 0.6 is 0 Å². The summed E-state index contributed by atoms with van der Waals surface area (Å²) in [6.45, 7) is 1.92. The number of amides is 2. The van der Waals surface area contributed by atoms with E-state index in [-0.39, 0.29) is 23.8 Å². The molecule has 4 fully saturated rings. The van der Waals surface area contributed by atoms with Gasteiger partial charge in [0.15, 0.2) is 0 Å². The molecule has 29 heavy (non-hydrogen) atoms. The second kappa shape index (κ2) is 8.05. The summed E-state index contributed by atoms with van der Waals surface area (Å²) in [6.07, 6.45) is 13.1. The molecule has 4 aliphatic rings. The van der Waals surface area contributed by atoms with E-state index in [9.17, 15) is 9.59 Å². The molecule has 0 bridgehead atoms. The van der Waals surface area contributed by atoms with Crippen LogP contribution in [0, 0.1) is 5.92 Å². The lowest BCUT2D eigenvalue weighted by atomic mass is 9.83. The number of pyridine rings is 1. The third kappa shape index (κ3) is 4.04. The van der Waals surface area contributed by atoms with E-state index in [2.05, 4.69) is 15.2 Å². The van der Waals surface area contributed by atoms with Crippen LogP contribution in [0.4, 0.5) is 0 Å². The van der Waals surface area contributed by atoms with Gasteiger partial charge in [0.1, 0.15) is 0 Å². The predicted molar refractivity (Wildman–Crippen MR) is 110 cm³/mol. The molecule has 1 unspecified atom stereocenters. The number of carbonyl (C=O) groups excluding carboxylic acids is 2. The highest BCUT2D eigenvalue weighted by atomic mass is 16.2. The predicted octanol–water partition coefficient (Wildman–Crippen LogP) is 2.66. The molecule has 1 N–H and O–H groups in total. The Morgan fingerprint density at radius 2 is 1.79 bits per heavy atom. The summed E-state index contributed by atoms with van der Waals surface area (Å²) in [5.74, 6) is 0.144. The Morgan fingerprint density at radius 3 is 2.52 bits per heavy atom. The van der Waals surface area contributed by atoms with Crippen LogP contribution in [0.25, 0.3) is 0 Å². The van der Waals surface area contributed by atoms with Crippen molar-refractivity contribution in [2.45, 2.75) is 82.0 Å². The molecule has 5 rings (SSSR count). The van der Waals surface area contributed by atoms with Crippen LogP contribution < -0.4 is 5.32 Å². The largest absolute Gasteiger partial charge is 0.354 e. The summed E-state index contributed by atoms with van der Waals surface area (Å²) >= 11 is 0. The number of hydrogen-bond acceptors (Lipinski definition) is 4. The first-order chi connectivity index (χ1) is 14.2. The number of aromatic nitrogens is 1. The van der Waals surface area contributed by atoms with Crippen molar-refractivity contribution < 1.29 is 9.59 Å². The average molecular weight is 397 g/mol. The molecule has 1 aromatic rings. The monoisotopic (exact) mass is 396 g/mol. The Balaban J connectivity index is 1.31. The van der Waals surface area contributed by atoms with E-state index in [1.54, 1.807) is 12.4 Å². The summed E-state index contributed by atoms with van der Waals surface area (Å²) in [7, 11) is 0. The third-order valence-electron chi connectivity index (χ3n) is 7.16. The van der Waals surface area contributed by atoms with Gasteiger partial charge in [-0.2, -0.15) is 0 Å². The van der Waals surface area contributed by atoms with E-state index in [0.29, 0.717) is 24.9 Å². The van der Waals surface area contributed by atoms with Gasteiger partial charge in [0, 0.05) is 43.5 Å². The fourth-order valence-corrected chi connectivity index (χ4v) is 5.40. The van der Waals surface area contributed by atoms with Gasteiger partial charge in [0.05, 0.1) is 12.0 Å². The maximum atomic E-state index is 13.3. The normalized spacial score (nSPS) is 31.0. The summed E-state index contributed by atoms with van der Waals surface area (Å²) in [5.41, 5.74) is 1.04. The first-order valence-electron chi connectivity index (χ1n) is 11.5. The number of hydrogen-bond donors (Lipinski definition) is 1. The number of rotatable bonds is 6. The Hall–Kier alpha value is -1.95. The molecule has 2 aliphatic heterocycles. The molecule has 3 heterocycles. The van der Waals surface area contributed by atoms with Crippen molar-refractivity contribution in [3.63, 3.8) is 0 Å². The SMILES string of the molecule is O=C(NCC1CCCCN1C1CC1)[C@H]1CCC(=O)N(C2CC2)[C@@H]1c1ccncc1. The fourth-order valence-electron chi connectivity index (χ4n) is 5.40. The second-order valence-corrected chi connectivity index (χ2v) is 9.27. The second-order valence-electron chi connectivity index (χ2n) is 9.27. The molecule has 156 valence electrons. The van der Waals surface area contributed by atoms with Crippen molar-refractivity contribution in [1.82, 2.24) is 20.1 Å². The minimum absolute atomic E-state index is 0.117. The molecule has 6 heteroatoms. The van der Waals surface area contributed by atoms with Crippen LogP contribution in [0.5, 0.6) is 0 Å². The van der Waals surface area contributed by atoms with E-state index in [1.807, 2.05) is 17.0 Å². The van der Waals surface area contributed by atoms with Gasteiger partial charge in [0.25, 0.3) is 0 Å². The molecule has 0 spiro atoms. The number of piperidine rings is 2. The highest BCUT2D eigenvalue weighted by molar-refractivity contribution is 5.85. The lowest BCUT2D eigenvalue weighted by Gasteiger charge is -2.41. The molecule has 0 radical (unpaired) electrons. The zero-order chi connectivity index (χ0) is 19.8. The van der Waals surface area contributed by atoms with Crippen molar-refractivity contribution in [3.05, 3.63) is 30.1 Å². The highest BCUT2D eigenvalue weighted by Crippen LogP contribution is 2.43. The third-order valence-corrected chi connectivity index (χ3v) is 7.16. The van der Waals surface area contributed by atoms with Crippen molar-refractivity contribution >= 4 is 11.8 Å². The number of nitrogens with one attached hydrogen (secondary N) is 1. The van der Waals surface area contributed by atoms with Gasteiger partial charge in [0.2, 0.25) is 11.8 Å². The molecule has 2 saturated heterocycles. The highest BCUT2D eigenvalue weighted by Gasteiger charge is 2.46. The van der Waals surface area contributed by atoms with E-state index >= 15 is 0 Å². The van der Waals surface area contributed by atoms with E-state index in [1.165, 1.54) is 38.6 Å². The zero-order valence-electron chi connectivity index (χ0n) is 17.1. The van der Waals surface area contributed by atoms with Crippen LogP contribution in [0.3, 0.4) is 0 Å². The summed E-state index contributed by atoms with van der Waals surface area (Å²) < 4.78 is 0. The first-order valence-corrected chi connectivity index (χ1v) is 11.5. The number of likely N-dealkylation sites (tertiary alicyclic amines) is 2. The minimum Gasteiger partial charge on any atom is -0.354 e. The van der Waals surface area contributed by atoms with Gasteiger partial charge in [-0.25, -0.2) is 0 Å². The minimum atomic E-state index is -0.173. The molecule has 2 saturated carbocycles. The van der Waals surface area contributed by atoms with Gasteiger partial charge >= 0.3 is 0 Å². The van der Waals surface area contributed by atoms with Gasteiger partial charge in [-0.15, -0.1) is 0 Å². The maximum Gasteiger partial charge on any atom is 0.225 e. The van der Waals surface area contributed by atoms with Gasteiger partial charge in [-0.3, -0.25) is 19.5 Å². The quantitative estimate of drug-likeness (QED) is 0.803. The zero-order valence-corrected chi connectivity index (χ0v) is 17.1. The van der Waals surface area contributed by atoms with Crippen molar-refractivity contribution in [2.75, 3.05) is 13.1 Å². The molecule has 6 nitrogen and oxygen atoms in total. The van der Waals surface area contributed by atoms with Crippen LogP contribution in [0.2, 0.25) is 0 Å². The Morgan fingerprint density at radius 1 is 1.03 bits per heavy atom. The Kier molecular flexibility index (Phi) is 5.29. The van der Waals surface area contributed by atoms with Crippen LogP contribution in [-0.2, 0) is 9.59 Å². The van der Waals surface area contributed by atoms with Crippen LogP contribution in [-0.4, -0.2) is 57.8 Å². The van der Waals surface area contributed by atoms with Crippen molar-refractivity contribution in [2.24, 2.45) is 5.92 Å². The smallest absolute Gasteiger partial charge is 0.225 e. The maximum absolute atomic E-state index is 13.3. The lowest BCUT2D eigenvalue weighted by Crippen LogP contribution is -2.52. The molecular formula is C23H32N4O2. The van der Waals surface area contributed by atoms with E-state index < -0.39 is 0 Å². The molecule has 2 aliphatic carbocycles. The summed E-state index contributed by atoms with van der Waals surface area (Å²) in [4.78, 5) is 34.8. The first kappa shape index (κ1) is 19.0.